The molecule has 0 saturated carbocycles. The first-order valence-electron chi connectivity index (χ1n) is 6.97. The molecule has 1 aliphatic rings. The Bertz CT molecular complexity index is 461. The molecule has 1 heterocycles. The molecule has 0 aromatic heterocycles. The lowest BCUT2D eigenvalue weighted by molar-refractivity contribution is -0.139. The molecular formula is C15H21FN2O2. The van der Waals surface area contributed by atoms with Crippen molar-refractivity contribution >= 4 is 5.91 Å². The van der Waals surface area contributed by atoms with E-state index in [-0.39, 0.29) is 17.8 Å². The summed E-state index contributed by atoms with van der Waals surface area (Å²) in [6.07, 6.45) is 1.29. The van der Waals surface area contributed by atoms with Crippen LogP contribution in [0.25, 0.3) is 0 Å². The third kappa shape index (κ3) is 3.70. The van der Waals surface area contributed by atoms with Gasteiger partial charge in [-0.2, -0.15) is 0 Å². The first-order chi connectivity index (χ1) is 9.58. The molecule has 4 nitrogen and oxygen atoms in total. The van der Waals surface area contributed by atoms with Gasteiger partial charge in [-0.1, -0.05) is 6.07 Å². The highest BCUT2D eigenvalue weighted by Gasteiger charge is 2.26. The Morgan fingerprint density at radius 1 is 1.45 bits per heavy atom. The molecule has 20 heavy (non-hydrogen) atoms. The molecule has 0 radical (unpaired) electrons. The molecule has 1 saturated heterocycles. The van der Waals surface area contributed by atoms with Gasteiger partial charge in [-0.3, -0.25) is 4.79 Å². The zero-order valence-corrected chi connectivity index (χ0v) is 11.9. The number of carbonyl (C=O) groups is 1. The van der Waals surface area contributed by atoms with Crippen LogP contribution in [0.3, 0.4) is 0 Å². The van der Waals surface area contributed by atoms with E-state index < -0.39 is 6.10 Å². The molecule has 0 spiro atoms. The summed E-state index contributed by atoms with van der Waals surface area (Å²) in [4.78, 5) is 14.1. The Balaban J connectivity index is 1.93. The van der Waals surface area contributed by atoms with Crippen molar-refractivity contribution in [3.63, 3.8) is 0 Å². The molecule has 1 atom stereocenters. The summed E-state index contributed by atoms with van der Waals surface area (Å²) in [5.41, 5.74) is 0. The lowest BCUT2D eigenvalue weighted by Crippen LogP contribution is -2.48. The fraction of sp³-hybridized carbons (Fsp3) is 0.533. The number of likely N-dealkylation sites (N-methyl/N-ethyl adjacent to an activating group) is 1. The van der Waals surface area contributed by atoms with Crippen molar-refractivity contribution < 1.29 is 13.9 Å². The summed E-state index contributed by atoms with van der Waals surface area (Å²) < 4.78 is 18.6. The number of benzene rings is 1. The van der Waals surface area contributed by atoms with Gasteiger partial charge in [0.15, 0.2) is 6.10 Å². The predicted molar refractivity (Wildman–Crippen MR) is 75.2 cm³/mol. The number of hydrogen-bond donors (Lipinski definition) is 1. The summed E-state index contributed by atoms with van der Waals surface area (Å²) >= 11 is 0. The highest BCUT2D eigenvalue weighted by molar-refractivity contribution is 5.81. The van der Waals surface area contributed by atoms with Crippen LogP contribution in [0.4, 0.5) is 4.39 Å². The fourth-order valence-electron chi connectivity index (χ4n) is 2.46. The van der Waals surface area contributed by atoms with Crippen LogP contribution in [0.15, 0.2) is 24.3 Å². The zero-order chi connectivity index (χ0) is 14.5. The van der Waals surface area contributed by atoms with Crippen LogP contribution < -0.4 is 10.1 Å². The van der Waals surface area contributed by atoms with Crippen LogP contribution >= 0.6 is 0 Å². The maximum Gasteiger partial charge on any atom is 0.263 e. The molecule has 0 aliphatic carbocycles. The first-order valence-corrected chi connectivity index (χ1v) is 6.97. The van der Waals surface area contributed by atoms with E-state index in [4.69, 9.17) is 4.74 Å². The van der Waals surface area contributed by atoms with Gasteiger partial charge in [-0.25, -0.2) is 4.39 Å². The van der Waals surface area contributed by atoms with E-state index >= 15 is 0 Å². The average Bonchev–Trinajstić information content (AvgIpc) is 2.46. The molecule has 0 bridgehead atoms. The van der Waals surface area contributed by atoms with Crippen molar-refractivity contribution in [1.29, 1.82) is 0 Å². The molecule has 1 amide bonds. The van der Waals surface area contributed by atoms with E-state index in [1.54, 1.807) is 24.0 Å². The monoisotopic (exact) mass is 280 g/mol. The van der Waals surface area contributed by atoms with Crippen molar-refractivity contribution in [3.8, 4) is 5.75 Å². The second-order valence-electron chi connectivity index (χ2n) is 5.15. The lowest BCUT2D eigenvalue weighted by Gasteiger charge is -2.33. The molecule has 1 N–H and O–H groups in total. The maximum atomic E-state index is 13.1. The smallest absolute Gasteiger partial charge is 0.263 e. The minimum absolute atomic E-state index is 0.0684. The van der Waals surface area contributed by atoms with Crippen LogP contribution in [0, 0.1) is 5.82 Å². The van der Waals surface area contributed by atoms with Crippen LogP contribution in [-0.2, 0) is 4.79 Å². The number of nitrogens with zero attached hydrogens (tertiary/aromatic N) is 1. The van der Waals surface area contributed by atoms with E-state index in [1.807, 2.05) is 7.05 Å². The summed E-state index contributed by atoms with van der Waals surface area (Å²) in [7, 11) is 1.81. The molecule has 1 aromatic rings. The predicted octanol–water partition coefficient (Wildman–Crippen LogP) is 1.80. The fourth-order valence-corrected chi connectivity index (χ4v) is 2.46. The number of rotatable bonds is 4. The highest BCUT2D eigenvalue weighted by Crippen LogP contribution is 2.16. The maximum absolute atomic E-state index is 13.1. The van der Waals surface area contributed by atoms with E-state index in [2.05, 4.69) is 5.32 Å². The van der Waals surface area contributed by atoms with E-state index in [9.17, 15) is 9.18 Å². The zero-order valence-electron chi connectivity index (χ0n) is 11.9. The SMILES string of the molecule is CC(Oc1cccc(F)c1)C(=O)N(C)C1CCNCC1. The minimum atomic E-state index is -0.614. The molecule has 5 heteroatoms. The number of carbonyl (C=O) groups excluding carboxylic acids is 1. The standard InChI is InChI=1S/C15H21FN2O2/c1-11(20-14-5-3-4-12(16)10-14)15(19)18(2)13-6-8-17-9-7-13/h3-5,10-11,13,17H,6-9H2,1-2H3. The first kappa shape index (κ1) is 14.8. The van der Waals surface area contributed by atoms with Crippen molar-refractivity contribution in [2.45, 2.75) is 31.9 Å². The summed E-state index contributed by atoms with van der Waals surface area (Å²) in [6.45, 7) is 3.56. The van der Waals surface area contributed by atoms with Gasteiger partial charge in [-0.05, 0) is 45.0 Å². The van der Waals surface area contributed by atoms with Gasteiger partial charge >= 0.3 is 0 Å². The van der Waals surface area contributed by atoms with Crippen LogP contribution in [-0.4, -0.2) is 43.1 Å². The largest absolute Gasteiger partial charge is 0.481 e. The number of halogens is 1. The van der Waals surface area contributed by atoms with Gasteiger partial charge in [0.05, 0.1) is 0 Å². The molecule has 1 aliphatic heterocycles. The van der Waals surface area contributed by atoms with E-state index in [0.29, 0.717) is 5.75 Å². The number of amides is 1. The van der Waals surface area contributed by atoms with Gasteiger partial charge in [0.2, 0.25) is 0 Å². The van der Waals surface area contributed by atoms with Gasteiger partial charge in [0, 0.05) is 19.2 Å². The van der Waals surface area contributed by atoms with Crippen molar-refractivity contribution in [1.82, 2.24) is 10.2 Å². The Labute approximate surface area is 118 Å². The van der Waals surface area contributed by atoms with E-state index in [0.717, 1.165) is 25.9 Å². The number of nitrogens with one attached hydrogen (secondary N) is 1. The van der Waals surface area contributed by atoms with Crippen molar-refractivity contribution in [2.24, 2.45) is 0 Å². The summed E-state index contributed by atoms with van der Waals surface area (Å²) in [6, 6.07) is 6.10. The Morgan fingerprint density at radius 3 is 2.80 bits per heavy atom. The molecule has 1 unspecified atom stereocenters. The van der Waals surface area contributed by atoms with Crippen LogP contribution in [0.2, 0.25) is 0 Å². The Morgan fingerprint density at radius 2 is 2.15 bits per heavy atom. The second-order valence-corrected chi connectivity index (χ2v) is 5.15. The van der Waals surface area contributed by atoms with E-state index in [1.165, 1.54) is 12.1 Å². The Kier molecular flexibility index (Phi) is 4.95. The average molecular weight is 280 g/mol. The normalized spacial score (nSPS) is 17.6. The van der Waals surface area contributed by atoms with Crippen LogP contribution in [0.1, 0.15) is 19.8 Å². The Hall–Kier alpha value is -1.62. The van der Waals surface area contributed by atoms with Gasteiger partial charge in [-0.15, -0.1) is 0 Å². The number of hydrogen-bond acceptors (Lipinski definition) is 3. The van der Waals surface area contributed by atoms with Gasteiger partial charge in [0.25, 0.3) is 5.91 Å². The van der Waals surface area contributed by atoms with Crippen molar-refractivity contribution in [2.75, 3.05) is 20.1 Å². The third-order valence-corrected chi connectivity index (χ3v) is 3.66. The summed E-state index contributed by atoms with van der Waals surface area (Å²) in [5.74, 6) is -0.0559. The highest BCUT2D eigenvalue weighted by atomic mass is 19.1. The third-order valence-electron chi connectivity index (χ3n) is 3.66. The minimum Gasteiger partial charge on any atom is -0.481 e. The molecule has 2 rings (SSSR count). The number of piperidine rings is 1. The second kappa shape index (κ2) is 6.70. The van der Waals surface area contributed by atoms with Gasteiger partial charge < -0.3 is 15.0 Å². The molecule has 110 valence electrons. The molecule has 1 fully saturated rings. The van der Waals surface area contributed by atoms with Gasteiger partial charge in [0.1, 0.15) is 11.6 Å². The van der Waals surface area contributed by atoms with Crippen molar-refractivity contribution in [3.05, 3.63) is 30.1 Å². The lowest BCUT2D eigenvalue weighted by atomic mass is 10.0. The number of ether oxygens (including phenoxy) is 1. The molecular weight excluding hydrogens is 259 g/mol. The topological polar surface area (TPSA) is 41.6 Å². The summed E-state index contributed by atoms with van der Waals surface area (Å²) in [5, 5.41) is 3.27. The quantitative estimate of drug-likeness (QED) is 0.914. The molecule has 1 aromatic carbocycles. The van der Waals surface area contributed by atoms with Crippen LogP contribution in [0.5, 0.6) is 5.75 Å².